The minimum absolute atomic E-state index is 0.439. The summed E-state index contributed by atoms with van der Waals surface area (Å²) in [5.41, 5.74) is 2.01. The van der Waals surface area contributed by atoms with Gasteiger partial charge in [0.15, 0.2) is 0 Å². The second-order valence-corrected chi connectivity index (χ2v) is 5.79. The van der Waals surface area contributed by atoms with Crippen LogP contribution in [0, 0.1) is 5.92 Å². The molecule has 18 heavy (non-hydrogen) atoms. The molecule has 0 bridgehead atoms. The number of halogens is 2. The van der Waals surface area contributed by atoms with E-state index >= 15 is 0 Å². The third-order valence-electron chi connectivity index (χ3n) is 4.00. The molecular formula is C14H16Cl2N2. The Morgan fingerprint density at radius 3 is 2.89 bits per heavy atom. The number of hydrogen-bond donors (Lipinski definition) is 0. The van der Waals surface area contributed by atoms with E-state index in [0.29, 0.717) is 17.8 Å². The monoisotopic (exact) mass is 282 g/mol. The van der Waals surface area contributed by atoms with E-state index in [1.165, 1.54) is 19.3 Å². The second-order valence-electron chi connectivity index (χ2n) is 5.11. The van der Waals surface area contributed by atoms with E-state index in [9.17, 15) is 0 Å². The van der Waals surface area contributed by atoms with Gasteiger partial charge >= 0.3 is 0 Å². The van der Waals surface area contributed by atoms with Crippen molar-refractivity contribution in [2.45, 2.75) is 38.1 Å². The molecule has 0 amide bonds. The first-order chi connectivity index (χ1) is 8.72. The maximum atomic E-state index is 6.35. The summed E-state index contributed by atoms with van der Waals surface area (Å²) in [7, 11) is 0. The number of aromatic nitrogens is 2. The van der Waals surface area contributed by atoms with Crippen LogP contribution in [0.2, 0.25) is 5.02 Å². The first-order valence-corrected chi connectivity index (χ1v) is 7.35. The highest BCUT2D eigenvalue weighted by Gasteiger charge is 2.28. The summed E-state index contributed by atoms with van der Waals surface area (Å²) in [6.07, 6.45) is 3.75. The molecule has 1 aliphatic carbocycles. The SMILES string of the molecule is CC1CCCC1n1c(CCl)nc2cccc(Cl)c21. The van der Waals surface area contributed by atoms with Crippen LogP contribution in [0.15, 0.2) is 18.2 Å². The summed E-state index contributed by atoms with van der Waals surface area (Å²) in [5.74, 6) is 2.05. The largest absolute Gasteiger partial charge is 0.322 e. The maximum absolute atomic E-state index is 6.35. The summed E-state index contributed by atoms with van der Waals surface area (Å²) in [5, 5.41) is 0.774. The number of alkyl halides is 1. The predicted octanol–water partition coefficient (Wildman–Crippen LogP) is 4.79. The quantitative estimate of drug-likeness (QED) is 0.724. The topological polar surface area (TPSA) is 17.8 Å². The summed E-state index contributed by atoms with van der Waals surface area (Å²) in [6.45, 7) is 2.30. The first kappa shape index (κ1) is 12.3. The van der Waals surface area contributed by atoms with E-state index in [1.807, 2.05) is 18.2 Å². The van der Waals surface area contributed by atoms with Gasteiger partial charge in [-0.3, -0.25) is 0 Å². The maximum Gasteiger partial charge on any atom is 0.125 e. The molecule has 2 aromatic rings. The molecule has 4 heteroatoms. The van der Waals surface area contributed by atoms with Gasteiger partial charge in [0.05, 0.1) is 21.9 Å². The normalized spacial score (nSPS) is 23.9. The zero-order valence-corrected chi connectivity index (χ0v) is 11.9. The number of para-hydroxylation sites is 1. The molecule has 1 fully saturated rings. The highest BCUT2D eigenvalue weighted by molar-refractivity contribution is 6.35. The molecule has 1 heterocycles. The van der Waals surface area contributed by atoms with Gasteiger partial charge in [-0.1, -0.05) is 31.0 Å². The minimum atomic E-state index is 0.439. The van der Waals surface area contributed by atoms with E-state index in [1.54, 1.807) is 0 Å². The van der Waals surface area contributed by atoms with Gasteiger partial charge in [-0.25, -0.2) is 4.98 Å². The molecule has 0 N–H and O–H groups in total. The molecule has 1 saturated carbocycles. The van der Waals surface area contributed by atoms with Crippen molar-refractivity contribution in [3.8, 4) is 0 Å². The summed E-state index contributed by atoms with van der Waals surface area (Å²) < 4.78 is 2.28. The van der Waals surface area contributed by atoms with Crippen LogP contribution >= 0.6 is 23.2 Å². The molecule has 0 radical (unpaired) electrons. The predicted molar refractivity (Wildman–Crippen MR) is 76.4 cm³/mol. The van der Waals surface area contributed by atoms with Gasteiger partial charge in [-0.05, 0) is 30.9 Å². The van der Waals surface area contributed by atoms with Crippen LogP contribution < -0.4 is 0 Å². The van der Waals surface area contributed by atoms with Gasteiger partial charge in [0, 0.05) is 6.04 Å². The minimum Gasteiger partial charge on any atom is -0.322 e. The fourth-order valence-electron chi connectivity index (χ4n) is 3.12. The van der Waals surface area contributed by atoms with E-state index in [4.69, 9.17) is 23.2 Å². The average Bonchev–Trinajstić information content (AvgIpc) is 2.92. The molecule has 2 nitrogen and oxygen atoms in total. The highest BCUT2D eigenvalue weighted by Crippen LogP contribution is 2.39. The molecule has 0 aliphatic heterocycles. The fourth-order valence-corrected chi connectivity index (χ4v) is 3.56. The van der Waals surface area contributed by atoms with Crippen molar-refractivity contribution in [3.05, 3.63) is 29.0 Å². The van der Waals surface area contributed by atoms with E-state index in [2.05, 4.69) is 16.5 Å². The van der Waals surface area contributed by atoms with Gasteiger partial charge < -0.3 is 4.57 Å². The van der Waals surface area contributed by atoms with Crippen molar-refractivity contribution in [1.82, 2.24) is 9.55 Å². The molecule has 0 saturated heterocycles. The van der Waals surface area contributed by atoms with Gasteiger partial charge in [0.2, 0.25) is 0 Å². The third-order valence-corrected chi connectivity index (χ3v) is 4.55. The third kappa shape index (κ3) is 1.83. The Morgan fingerprint density at radius 2 is 2.22 bits per heavy atom. The van der Waals surface area contributed by atoms with Crippen molar-refractivity contribution >= 4 is 34.2 Å². The standard InChI is InChI=1S/C14H16Cl2N2/c1-9-4-2-7-12(9)18-13(8-15)17-11-6-3-5-10(16)14(11)18/h3,5-6,9,12H,2,4,7-8H2,1H3. The van der Waals surface area contributed by atoms with E-state index in [0.717, 1.165) is 21.9 Å². The van der Waals surface area contributed by atoms with Crippen molar-refractivity contribution in [3.63, 3.8) is 0 Å². The lowest BCUT2D eigenvalue weighted by molar-refractivity contribution is 0.409. The Balaban J connectivity index is 2.25. The van der Waals surface area contributed by atoms with Crippen LogP contribution in [0.1, 0.15) is 38.1 Å². The molecule has 96 valence electrons. The molecule has 2 unspecified atom stereocenters. The Labute approximate surface area is 117 Å². The number of hydrogen-bond acceptors (Lipinski definition) is 1. The van der Waals surface area contributed by atoms with Gasteiger partial charge in [0.1, 0.15) is 5.82 Å². The summed E-state index contributed by atoms with van der Waals surface area (Å²) in [6, 6.07) is 6.37. The van der Waals surface area contributed by atoms with Crippen LogP contribution in [0.25, 0.3) is 11.0 Å². The zero-order valence-electron chi connectivity index (χ0n) is 10.4. The second kappa shape index (κ2) is 4.75. The average molecular weight is 283 g/mol. The lowest BCUT2D eigenvalue weighted by atomic mass is 10.1. The van der Waals surface area contributed by atoms with Crippen molar-refractivity contribution < 1.29 is 0 Å². The van der Waals surface area contributed by atoms with Crippen LogP contribution in [-0.4, -0.2) is 9.55 Å². The van der Waals surface area contributed by atoms with Crippen molar-refractivity contribution in [2.75, 3.05) is 0 Å². The van der Waals surface area contributed by atoms with Crippen molar-refractivity contribution in [1.29, 1.82) is 0 Å². The van der Waals surface area contributed by atoms with Crippen LogP contribution in [0.3, 0.4) is 0 Å². The summed E-state index contributed by atoms with van der Waals surface area (Å²) in [4.78, 5) is 4.62. The molecular weight excluding hydrogens is 267 g/mol. The molecule has 1 aromatic heterocycles. The summed E-state index contributed by atoms with van der Waals surface area (Å²) >= 11 is 12.4. The van der Waals surface area contributed by atoms with Gasteiger partial charge in [0.25, 0.3) is 0 Å². The Morgan fingerprint density at radius 1 is 1.39 bits per heavy atom. The molecule has 3 rings (SSSR count). The highest BCUT2D eigenvalue weighted by atomic mass is 35.5. The number of fused-ring (bicyclic) bond motifs is 1. The van der Waals surface area contributed by atoms with E-state index in [-0.39, 0.29) is 0 Å². The first-order valence-electron chi connectivity index (χ1n) is 6.43. The molecule has 2 atom stereocenters. The zero-order chi connectivity index (χ0) is 12.7. The van der Waals surface area contributed by atoms with Crippen LogP contribution in [0.4, 0.5) is 0 Å². The molecule has 1 aromatic carbocycles. The van der Waals surface area contributed by atoms with Gasteiger partial charge in [-0.2, -0.15) is 0 Å². The number of rotatable bonds is 2. The Kier molecular flexibility index (Phi) is 3.25. The van der Waals surface area contributed by atoms with Gasteiger partial charge in [-0.15, -0.1) is 11.6 Å². The smallest absolute Gasteiger partial charge is 0.125 e. The van der Waals surface area contributed by atoms with Crippen LogP contribution in [0.5, 0.6) is 0 Å². The molecule has 0 spiro atoms. The van der Waals surface area contributed by atoms with E-state index < -0.39 is 0 Å². The lowest BCUT2D eigenvalue weighted by Crippen LogP contribution is -2.14. The number of imidazole rings is 1. The lowest BCUT2D eigenvalue weighted by Gasteiger charge is -2.20. The molecule has 1 aliphatic rings. The number of benzene rings is 1. The van der Waals surface area contributed by atoms with Crippen LogP contribution in [-0.2, 0) is 5.88 Å². The Hall–Kier alpha value is -0.730. The number of nitrogens with zero attached hydrogens (tertiary/aromatic N) is 2. The van der Waals surface area contributed by atoms with Crippen molar-refractivity contribution in [2.24, 2.45) is 5.92 Å². The fraction of sp³-hybridized carbons (Fsp3) is 0.500. The Bertz CT molecular complexity index is 576.